The Morgan fingerprint density at radius 2 is 1.60 bits per heavy atom. The standard InChI is InChI=1S/C27H23ClN2O5/c28-22-9-5-4-8-21(22)23-16-25(35-30-23)26(32)29-20(15-24(31)27(33)34)14-17-10-12-19(13-11-17)18-6-2-1-3-7-18/h1-13,16,20,24,31H,14-15H2,(H,29,32)(H,33,34). The van der Waals surface area contributed by atoms with E-state index < -0.39 is 24.0 Å². The van der Waals surface area contributed by atoms with Crippen LogP contribution in [0.2, 0.25) is 5.02 Å². The van der Waals surface area contributed by atoms with Gasteiger partial charge in [0.2, 0.25) is 5.76 Å². The quantitative estimate of drug-likeness (QED) is 0.309. The fraction of sp³-hybridized carbons (Fsp3) is 0.148. The van der Waals surface area contributed by atoms with Gasteiger partial charge in [-0.25, -0.2) is 4.79 Å². The average Bonchev–Trinajstić information content (AvgIpc) is 3.35. The Morgan fingerprint density at radius 1 is 0.943 bits per heavy atom. The maximum atomic E-state index is 12.9. The number of amides is 1. The summed E-state index contributed by atoms with van der Waals surface area (Å²) in [5.41, 5.74) is 4.01. The molecule has 0 saturated carbocycles. The molecule has 0 aliphatic rings. The van der Waals surface area contributed by atoms with E-state index in [4.69, 9.17) is 21.2 Å². The molecule has 4 aromatic rings. The summed E-state index contributed by atoms with van der Waals surface area (Å²) >= 11 is 6.19. The Labute approximate surface area is 207 Å². The van der Waals surface area contributed by atoms with Crippen molar-refractivity contribution in [2.75, 3.05) is 0 Å². The number of halogens is 1. The summed E-state index contributed by atoms with van der Waals surface area (Å²) in [6.45, 7) is 0. The van der Waals surface area contributed by atoms with E-state index in [0.717, 1.165) is 16.7 Å². The van der Waals surface area contributed by atoms with E-state index in [9.17, 15) is 14.7 Å². The Kier molecular flexibility index (Phi) is 7.60. The lowest BCUT2D eigenvalue weighted by Crippen LogP contribution is -2.40. The summed E-state index contributed by atoms with van der Waals surface area (Å²) in [6.07, 6.45) is -1.48. The number of aromatic nitrogens is 1. The molecule has 2 unspecified atom stereocenters. The van der Waals surface area contributed by atoms with Gasteiger partial charge in [-0.3, -0.25) is 4.79 Å². The second-order valence-corrected chi connectivity index (χ2v) is 8.49. The van der Waals surface area contributed by atoms with Gasteiger partial charge in [0.05, 0.1) is 5.02 Å². The van der Waals surface area contributed by atoms with Gasteiger partial charge in [0, 0.05) is 24.1 Å². The van der Waals surface area contributed by atoms with Gasteiger partial charge in [-0.05, 0) is 29.2 Å². The third-order valence-electron chi connectivity index (χ3n) is 5.55. The Morgan fingerprint density at radius 3 is 2.29 bits per heavy atom. The third-order valence-corrected chi connectivity index (χ3v) is 5.88. The van der Waals surface area contributed by atoms with Crippen molar-refractivity contribution >= 4 is 23.5 Å². The highest BCUT2D eigenvalue weighted by Gasteiger charge is 2.24. The molecule has 0 aliphatic heterocycles. The van der Waals surface area contributed by atoms with E-state index in [0.29, 0.717) is 22.7 Å². The molecule has 7 nitrogen and oxygen atoms in total. The number of aliphatic carboxylic acids is 1. The predicted octanol–water partition coefficient (Wildman–Crippen LogP) is 4.84. The predicted molar refractivity (Wildman–Crippen MR) is 132 cm³/mol. The molecule has 0 fully saturated rings. The first kappa shape index (κ1) is 24.2. The number of hydrogen-bond acceptors (Lipinski definition) is 5. The van der Waals surface area contributed by atoms with Gasteiger partial charge in [0.25, 0.3) is 5.91 Å². The number of carboxylic acid groups (broad SMARTS) is 1. The van der Waals surface area contributed by atoms with Gasteiger partial charge in [-0.1, -0.05) is 89.6 Å². The van der Waals surface area contributed by atoms with Gasteiger partial charge in [-0.2, -0.15) is 0 Å². The fourth-order valence-corrected chi connectivity index (χ4v) is 3.98. The molecule has 3 aromatic carbocycles. The van der Waals surface area contributed by atoms with Crippen molar-refractivity contribution in [3.05, 3.63) is 101 Å². The minimum atomic E-state index is -1.63. The Bertz CT molecular complexity index is 1300. The lowest BCUT2D eigenvalue weighted by atomic mass is 9.97. The van der Waals surface area contributed by atoms with Crippen LogP contribution in [0.15, 0.2) is 89.5 Å². The van der Waals surface area contributed by atoms with Gasteiger partial charge in [0.15, 0.2) is 6.10 Å². The molecule has 0 radical (unpaired) electrons. The monoisotopic (exact) mass is 490 g/mol. The maximum Gasteiger partial charge on any atom is 0.332 e. The van der Waals surface area contributed by atoms with Crippen LogP contribution in [-0.2, 0) is 11.2 Å². The summed E-state index contributed by atoms with van der Waals surface area (Å²) in [4.78, 5) is 24.1. The topological polar surface area (TPSA) is 113 Å². The van der Waals surface area contributed by atoms with E-state index in [-0.39, 0.29) is 12.2 Å². The summed E-state index contributed by atoms with van der Waals surface area (Å²) in [6, 6.07) is 25.5. The highest BCUT2D eigenvalue weighted by atomic mass is 35.5. The maximum absolute atomic E-state index is 12.9. The molecule has 35 heavy (non-hydrogen) atoms. The first-order valence-corrected chi connectivity index (χ1v) is 11.4. The van der Waals surface area contributed by atoms with E-state index >= 15 is 0 Å². The summed E-state index contributed by atoms with van der Waals surface area (Å²) in [7, 11) is 0. The highest BCUT2D eigenvalue weighted by Crippen LogP contribution is 2.27. The number of carbonyl (C=O) groups excluding carboxylic acids is 1. The molecule has 1 aromatic heterocycles. The molecule has 1 amide bonds. The second kappa shape index (κ2) is 11.0. The van der Waals surface area contributed by atoms with Gasteiger partial charge >= 0.3 is 5.97 Å². The van der Waals surface area contributed by atoms with Crippen LogP contribution in [0.25, 0.3) is 22.4 Å². The number of carboxylic acids is 1. The normalized spacial score (nSPS) is 12.6. The summed E-state index contributed by atoms with van der Waals surface area (Å²) < 4.78 is 5.20. The molecular weight excluding hydrogens is 468 g/mol. The first-order chi connectivity index (χ1) is 16.9. The molecule has 2 atom stereocenters. The van der Waals surface area contributed by atoms with Crippen molar-refractivity contribution in [1.82, 2.24) is 10.5 Å². The molecule has 4 rings (SSSR count). The van der Waals surface area contributed by atoms with Crippen LogP contribution >= 0.6 is 11.6 Å². The third kappa shape index (κ3) is 6.15. The number of hydrogen-bond donors (Lipinski definition) is 3. The van der Waals surface area contributed by atoms with Gasteiger partial charge < -0.3 is 20.1 Å². The fourth-order valence-electron chi connectivity index (χ4n) is 3.75. The zero-order valence-corrected chi connectivity index (χ0v) is 19.4. The number of rotatable bonds is 9. The van der Waals surface area contributed by atoms with Crippen LogP contribution < -0.4 is 5.32 Å². The van der Waals surface area contributed by atoms with E-state index in [1.165, 1.54) is 6.07 Å². The zero-order chi connectivity index (χ0) is 24.8. The van der Waals surface area contributed by atoms with Crippen molar-refractivity contribution in [2.45, 2.75) is 25.0 Å². The number of nitrogens with one attached hydrogen (secondary N) is 1. The Hall–Kier alpha value is -3.94. The molecule has 3 N–H and O–H groups in total. The van der Waals surface area contributed by atoms with E-state index in [1.54, 1.807) is 24.3 Å². The molecule has 0 aliphatic carbocycles. The number of carbonyl (C=O) groups is 2. The number of nitrogens with zero attached hydrogens (tertiary/aromatic N) is 1. The van der Waals surface area contributed by atoms with Crippen LogP contribution in [0.5, 0.6) is 0 Å². The minimum Gasteiger partial charge on any atom is -0.479 e. The van der Waals surface area contributed by atoms with Crippen molar-refractivity contribution in [1.29, 1.82) is 0 Å². The smallest absolute Gasteiger partial charge is 0.332 e. The number of aliphatic hydroxyl groups is 1. The SMILES string of the molecule is O=C(NC(Cc1ccc(-c2ccccc2)cc1)CC(O)C(=O)O)c1cc(-c2ccccc2Cl)no1. The highest BCUT2D eigenvalue weighted by molar-refractivity contribution is 6.33. The molecule has 1 heterocycles. The second-order valence-electron chi connectivity index (χ2n) is 8.08. The van der Waals surface area contributed by atoms with Crippen molar-refractivity contribution < 1.29 is 24.3 Å². The molecular formula is C27H23ClN2O5. The van der Waals surface area contributed by atoms with E-state index in [1.807, 2.05) is 54.6 Å². The van der Waals surface area contributed by atoms with Crippen LogP contribution in [0.1, 0.15) is 22.5 Å². The van der Waals surface area contributed by atoms with Crippen LogP contribution in [0.4, 0.5) is 0 Å². The molecule has 0 saturated heterocycles. The zero-order valence-electron chi connectivity index (χ0n) is 18.6. The van der Waals surface area contributed by atoms with E-state index in [2.05, 4.69) is 10.5 Å². The van der Waals surface area contributed by atoms with Gasteiger partial charge in [0.1, 0.15) is 5.69 Å². The first-order valence-electron chi connectivity index (χ1n) is 11.0. The van der Waals surface area contributed by atoms with Crippen LogP contribution in [0.3, 0.4) is 0 Å². The lowest BCUT2D eigenvalue weighted by molar-refractivity contribution is -0.147. The lowest BCUT2D eigenvalue weighted by Gasteiger charge is -2.20. The average molecular weight is 491 g/mol. The molecule has 0 bridgehead atoms. The summed E-state index contributed by atoms with van der Waals surface area (Å²) in [5, 5.41) is 26.3. The van der Waals surface area contributed by atoms with Crippen molar-refractivity contribution in [3.63, 3.8) is 0 Å². The summed E-state index contributed by atoms with van der Waals surface area (Å²) in [5.74, 6) is -1.97. The van der Waals surface area contributed by atoms with Crippen molar-refractivity contribution in [2.24, 2.45) is 0 Å². The molecule has 178 valence electrons. The van der Waals surface area contributed by atoms with Gasteiger partial charge in [-0.15, -0.1) is 0 Å². The largest absolute Gasteiger partial charge is 0.479 e. The Balaban J connectivity index is 1.49. The van der Waals surface area contributed by atoms with Crippen LogP contribution in [-0.4, -0.2) is 39.4 Å². The van der Waals surface area contributed by atoms with Crippen LogP contribution in [0, 0.1) is 0 Å². The molecule has 0 spiro atoms. The number of aliphatic hydroxyl groups excluding tert-OH is 1. The minimum absolute atomic E-state index is 0.0471. The molecule has 8 heteroatoms. The van der Waals surface area contributed by atoms with Crippen molar-refractivity contribution in [3.8, 4) is 22.4 Å². The number of benzene rings is 3.